The van der Waals surface area contributed by atoms with Gasteiger partial charge < -0.3 is 4.57 Å². The van der Waals surface area contributed by atoms with Gasteiger partial charge in [-0.15, -0.1) is 17.8 Å². The molecule has 0 saturated carbocycles. The maximum Gasteiger partial charge on any atom is 0.266 e. The zero-order valence-electron chi connectivity index (χ0n) is 15.1. The second-order valence-corrected chi connectivity index (χ2v) is 11.4. The molecule has 0 N–H and O–H groups in total. The molecular weight excluding hydrogens is 494 g/mol. The van der Waals surface area contributed by atoms with Crippen molar-refractivity contribution >= 4 is 64.8 Å². The lowest BCUT2D eigenvalue weighted by molar-refractivity contribution is -0.121. The summed E-state index contributed by atoms with van der Waals surface area (Å²) in [6.07, 6.45) is 6.59. The smallest absolute Gasteiger partial charge is 0.266 e. The number of hydrogen-bond donors (Lipinski definition) is 0. The molecule has 1 aliphatic rings. The maximum atomic E-state index is 13.0. The Morgan fingerprint density at radius 1 is 1.38 bits per heavy atom. The van der Waals surface area contributed by atoms with Crippen LogP contribution in [0.1, 0.15) is 12.8 Å². The molecule has 29 heavy (non-hydrogen) atoms. The maximum absolute atomic E-state index is 13.0. The summed E-state index contributed by atoms with van der Waals surface area (Å²) in [6.45, 7) is 0.589. The highest BCUT2D eigenvalue weighted by atomic mass is 79.9. The number of fused-ring (bicyclic) bond motifs is 1. The Bertz CT molecular complexity index is 1280. The zero-order chi connectivity index (χ0) is 20.6. The Labute approximate surface area is 184 Å². The lowest BCUT2D eigenvalue weighted by Crippen LogP contribution is -2.40. The van der Waals surface area contributed by atoms with Crippen molar-refractivity contribution in [1.82, 2.24) is 8.87 Å². The van der Waals surface area contributed by atoms with E-state index in [1.165, 1.54) is 15.6 Å². The molecule has 1 amide bonds. The predicted molar refractivity (Wildman–Crippen MR) is 118 cm³/mol. The first-order valence-electron chi connectivity index (χ1n) is 8.78. The number of terminal acetylenes is 1. The molecule has 10 heteroatoms. The molecule has 1 atom stereocenters. The van der Waals surface area contributed by atoms with Gasteiger partial charge in [-0.1, -0.05) is 39.3 Å². The molecule has 0 radical (unpaired) electrons. The number of carbonyl (C=O) groups is 1. The van der Waals surface area contributed by atoms with E-state index in [4.69, 9.17) is 6.42 Å². The van der Waals surface area contributed by atoms with Crippen LogP contribution in [0.2, 0.25) is 0 Å². The molecule has 0 bridgehead atoms. The largest absolute Gasteiger partial charge is 0.305 e. The summed E-state index contributed by atoms with van der Waals surface area (Å²) in [4.78, 5) is 17.8. The Hall–Kier alpha value is -1.77. The average molecular weight is 510 g/mol. The van der Waals surface area contributed by atoms with E-state index in [9.17, 15) is 13.2 Å². The first kappa shape index (κ1) is 20.5. The number of hydrogen-bond acceptors (Lipinski definition) is 5. The van der Waals surface area contributed by atoms with Crippen LogP contribution in [-0.4, -0.2) is 35.8 Å². The first-order chi connectivity index (χ1) is 13.9. The molecule has 1 fully saturated rings. The Morgan fingerprint density at radius 3 is 2.93 bits per heavy atom. The molecule has 6 nitrogen and oxygen atoms in total. The molecule has 150 valence electrons. The monoisotopic (exact) mass is 509 g/mol. The van der Waals surface area contributed by atoms with Crippen LogP contribution in [0.5, 0.6) is 0 Å². The van der Waals surface area contributed by atoms with Gasteiger partial charge in [-0.25, -0.2) is 8.42 Å². The van der Waals surface area contributed by atoms with E-state index in [1.807, 2.05) is 18.2 Å². The second kappa shape index (κ2) is 8.16. The van der Waals surface area contributed by atoms with Gasteiger partial charge in [0.1, 0.15) is 10.3 Å². The van der Waals surface area contributed by atoms with Crippen LogP contribution in [-0.2, 0) is 21.4 Å². The van der Waals surface area contributed by atoms with E-state index in [-0.39, 0.29) is 10.8 Å². The number of rotatable bonds is 4. The molecule has 1 saturated heterocycles. The van der Waals surface area contributed by atoms with Gasteiger partial charge in [0.2, 0.25) is 0 Å². The second-order valence-electron chi connectivity index (χ2n) is 6.44. The summed E-state index contributed by atoms with van der Waals surface area (Å²) in [5, 5.41) is 1.71. The van der Waals surface area contributed by atoms with Crippen LogP contribution in [0.4, 0.5) is 0 Å². The van der Waals surface area contributed by atoms with E-state index in [0.29, 0.717) is 24.2 Å². The van der Waals surface area contributed by atoms with E-state index >= 15 is 0 Å². The van der Waals surface area contributed by atoms with E-state index in [1.54, 1.807) is 22.1 Å². The zero-order valence-corrected chi connectivity index (χ0v) is 19.2. The number of sulfonamides is 1. The van der Waals surface area contributed by atoms with Crippen LogP contribution >= 0.6 is 38.6 Å². The topological polar surface area (TPSA) is 71.7 Å². The minimum atomic E-state index is -3.70. The number of benzene rings is 1. The third-order valence-electron chi connectivity index (χ3n) is 4.65. The predicted octanol–water partition coefficient (Wildman–Crippen LogP) is 3.44. The molecule has 1 unspecified atom stereocenters. The highest BCUT2D eigenvalue weighted by Crippen LogP contribution is 2.29. The molecule has 0 spiro atoms. The highest BCUT2D eigenvalue weighted by Gasteiger charge is 2.39. The SMILES string of the molecule is C#CCn1c(=NC(=O)C2CCCN2S(=O)(=O)c2cccs2)sc2cc(Br)ccc21. The number of halogens is 1. The van der Waals surface area contributed by atoms with Gasteiger partial charge in [0.05, 0.1) is 16.8 Å². The van der Waals surface area contributed by atoms with Crippen molar-refractivity contribution in [3.05, 3.63) is 45.0 Å². The van der Waals surface area contributed by atoms with Crippen molar-refractivity contribution in [3.8, 4) is 12.3 Å². The quantitative estimate of drug-likeness (QED) is 0.505. The van der Waals surface area contributed by atoms with Crippen molar-refractivity contribution in [3.63, 3.8) is 0 Å². The Kier molecular flexibility index (Phi) is 5.77. The molecule has 2 aromatic heterocycles. The number of nitrogens with zero attached hydrogens (tertiary/aromatic N) is 3. The van der Waals surface area contributed by atoms with Crippen molar-refractivity contribution in [2.24, 2.45) is 4.99 Å². The van der Waals surface area contributed by atoms with Gasteiger partial charge in [0, 0.05) is 11.0 Å². The average Bonchev–Trinajstić information content (AvgIpc) is 3.42. The third kappa shape index (κ3) is 3.85. The van der Waals surface area contributed by atoms with Crippen molar-refractivity contribution in [1.29, 1.82) is 0 Å². The molecule has 1 aromatic carbocycles. The van der Waals surface area contributed by atoms with Gasteiger partial charge in [-0.05, 0) is 42.5 Å². The number of thiazole rings is 1. The lowest BCUT2D eigenvalue weighted by atomic mass is 10.2. The van der Waals surface area contributed by atoms with E-state index in [0.717, 1.165) is 26.0 Å². The lowest BCUT2D eigenvalue weighted by Gasteiger charge is -2.20. The number of aromatic nitrogens is 1. The van der Waals surface area contributed by atoms with Crippen LogP contribution in [0.25, 0.3) is 10.2 Å². The van der Waals surface area contributed by atoms with Gasteiger partial charge in [0.15, 0.2) is 4.80 Å². The van der Waals surface area contributed by atoms with Crippen molar-refractivity contribution in [2.45, 2.75) is 29.6 Å². The van der Waals surface area contributed by atoms with Gasteiger partial charge in [-0.3, -0.25) is 4.79 Å². The Morgan fingerprint density at radius 2 is 2.21 bits per heavy atom. The van der Waals surface area contributed by atoms with Crippen LogP contribution in [0, 0.1) is 12.3 Å². The number of thiophene rings is 1. The van der Waals surface area contributed by atoms with Crippen LogP contribution < -0.4 is 4.80 Å². The Balaban J connectivity index is 1.74. The fraction of sp³-hybridized carbons (Fsp3) is 0.263. The van der Waals surface area contributed by atoms with Crippen LogP contribution in [0.3, 0.4) is 0 Å². The van der Waals surface area contributed by atoms with Gasteiger partial charge >= 0.3 is 0 Å². The molecule has 4 rings (SSSR count). The molecular formula is C19H16BrN3O3S3. The summed E-state index contributed by atoms with van der Waals surface area (Å²) in [7, 11) is -3.70. The van der Waals surface area contributed by atoms with Gasteiger partial charge in [-0.2, -0.15) is 9.30 Å². The first-order valence-corrected chi connectivity index (χ1v) is 12.7. The molecule has 1 aliphatic heterocycles. The standard InChI is InChI=1S/C19H16BrN3O3S3/c1-2-9-22-14-8-7-13(20)12-16(14)28-19(22)21-18(24)15-5-3-10-23(15)29(25,26)17-6-4-11-27-17/h1,4,6-8,11-12,15H,3,5,9-10H2. The number of amides is 1. The minimum Gasteiger partial charge on any atom is -0.305 e. The summed E-state index contributed by atoms with van der Waals surface area (Å²) in [5.74, 6) is 2.13. The molecule has 3 aromatic rings. The minimum absolute atomic E-state index is 0.242. The summed E-state index contributed by atoms with van der Waals surface area (Å²) < 4.78 is 31.0. The summed E-state index contributed by atoms with van der Waals surface area (Å²) in [5.41, 5.74) is 0.886. The highest BCUT2D eigenvalue weighted by molar-refractivity contribution is 9.10. The summed E-state index contributed by atoms with van der Waals surface area (Å²) in [6, 6.07) is 8.21. The molecule has 0 aliphatic carbocycles. The third-order valence-corrected chi connectivity index (χ3v) is 9.46. The van der Waals surface area contributed by atoms with Crippen LogP contribution in [0.15, 0.2) is 49.4 Å². The van der Waals surface area contributed by atoms with Crippen molar-refractivity contribution < 1.29 is 13.2 Å². The molecule has 3 heterocycles. The fourth-order valence-corrected chi connectivity index (χ4v) is 7.70. The summed E-state index contributed by atoms with van der Waals surface area (Å²) >= 11 is 5.95. The van der Waals surface area contributed by atoms with Crippen molar-refractivity contribution in [2.75, 3.05) is 6.54 Å². The van der Waals surface area contributed by atoms with E-state index < -0.39 is 22.0 Å². The number of carbonyl (C=O) groups excluding carboxylic acids is 1. The van der Waals surface area contributed by atoms with Gasteiger partial charge in [0.25, 0.3) is 15.9 Å². The normalized spacial score (nSPS) is 18.3. The fourth-order valence-electron chi connectivity index (χ4n) is 3.35. The van der Waals surface area contributed by atoms with E-state index in [2.05, 4.69) is 26.8 Å².